The molecular weight excluding hydrogens is 262 g/mol. The lowest BCUT2D eigenvalue weighted by Crippen LogP contribution is -2.49. The van der Waals surface area contributed by atoms with Crippen LogP contribution >= 0.6 is 0 Å². The molecule has 1 saturated carbocycles. The fourth-order valence-electron chi connectivity index (χ4n) is 3.63. The quantitative estimate of drug-likeness (QED) is 0.922. The Kier molecular flexibility index (Phi) is 5.09. The van der Waals surface area contributed by atoms with E-state index in [4.69, 9.17) is 0 Å². The highest BCUT2D eigenvalue weighted by atomic mass is 16.3. The topological polar surface area (TPSA) is 39.6 Å². The van der Waals surface area contributed by atoms with Gasteiger partial charge < -0.3 is 10.0 Å². The predicted octanol–water partition coefficient (Wildman–Crippen LogP) is 2.14. The lowest BCUT2D eigenvalue weighted by molar-refractivity contribution is 0.0459. The molecule has 4 heteroatoms. The molecule has 2 aliphatic rings. The van der Waals surface area contributed by atoms with E-state index >= 15 is 0 Å². The number of aliphatic hydroxyl groups is 1. The van der Waals surface area contributed by atoms with Crippen LogP contribution in [0.1, 0.15) is 32.1 Å². The van der Waals surface area contributed by atoms with Crippen LogP contribution in [0.3, 0.4) is 0 Å². The first-order valence-corrected chi connectivity index (χ1v) is 8.39. The van der Waals surface area contributed by atoms with E-state index in [2.05, 4.69) is 20.9 Å². The van der Waals surface area contributed by atoms with E-state index in [0.29, 0.717) is 5.92 Å². The van der Waals surface area contributed by atoms with Gasteiger partial charge in [0, 0.05) is 38.9 Å². The molecule has 0 bridgehead atoms. The summed E-state index contributed by atoms with van der Waals surface area (Å²) in [6.07, 6.45) is 8.11. The Balaban J connectivity index is 1.45. The Bertz CT molecular complexity index is 411. The molecule has 116 valence electrons. The van der Waals surface area contributed by atoms with Gasteiger partial charge in [-0.15, -0.1) is 0 Å². The van der Waals surface area contributed by atoms with Crippen molar-refractivity contribution < 1.29 is 5.11 Å². The first-order valence-electron chi connectivity index (χ1n) is 8.39. The van der Waals surface area contributed by atoms with E-state index in [1.807, 2.05) is 18.3 Å². The zero-order chi connectivity index (χ0) is 14.5. The average molecular weight is 289 g/mol. The van der Waals surface area contributed by atoms with Crippen molar-refractivity contribution in [2.75, 3.05) is 37.6 Å². The number of hydrogen-bond donors (Lipinski definition) is 1. The van der Waals surface area contributed by atoms with Gasteiger partial charge in [-0.05, 0) is 30.9 Å². The number of hydrogen-bond acceptors (Lipinski definition) is 4. The highest BCUT2D eigenvalue weighted by molar-refractivity contribution is 5.38. The van der Waals surface area contributed by atoms with Crippen LogP contribution in [0.2, 0.25) is 0 Å². The summed E-state index contributed by atoms with van der Waals surface area (Å²) in [5, 5.41) is 10.4. The van der Waals surface area contributed by atoms with E-state index < -0.39 is 0 Å². The van der Waals surface area contributed by atoms with Crippen molar-refractivity contribution in [1.29, 1.82) is 0 Å². The Morgan fingerprint density at radius 3 is 2.52 bits per heavy atom. The second-order valence-corrected chi connectivity index (χ2v) is 6.44. The summed E-state index contributed by atoms with van der Waals surface area (Å²) in [5.41, 5.74) is 0. The van der Waals surface area contributed by atoms with Crippen molar-refractivity contribution in [2.45, 2.75) is 38.2 Å². The van der Waals surface area contributed by atoms with Crippen molar-refractivity contribution in [3.8, 4) is 0 Å². The van der Waals surface area contributed by atoms with Crippen LogP contribution in [-0.4, -0.2) is 53.8 Å². The molecule has 0 radical (unpaired) electrons. The van der Waals surface area contributed by atoms with Crippen molar-refractivity contribution in [2.24, 2.45) is 5.92 Å². The van der Waals surface area contributed by atoms with Gasteiger partial charge in [0.15, 0.2) is 0 Å². The maximum atomic E-state index is 10.4. The number of aliphatic hydroxyl groups excluding tert-OH is 1. The van der Waals surface area contributed by atoms with Gasteiger partial charge in [-0.3, -0.25) is 4.90 Å². The maximum absolute atomic E-state index is 10.4. The third-order valence-electron chi connectivity index (χ3n) is 4.98. The zero-order valence-electron chi connectivity index (χ0n) is 12.8. The Morgan fingerprint density at radius 1 is 1.10 bits per heavy atom. The van der Waals surface area contributed by atoms with Crippen LogP contribution in [0.25, 0.3) is 0 Å². The van der Waals surface area contributed by atoms with Crippen LogP contribution in [0, 0.1) is 5.92 Å². The van der Waals surface area contributed by atoms with E-state index in [1.165, 1.54) is 32.1 Å². The van der Waals surface area contributed by atoms with Crippen molar-refractivity contribution in [3.05, 3.63) is 24.4 Å². The molecule has 1 aromatic heterocycles. The van der Waals surface area contributed by atoms with Crippen LogP contribution in [0.5, 0.6) is 0 Å². The van der Waals surface area contributed by atoms with Crippen LogP contribution in [0.4, 0.5) is 5.82 Å². The number of nitrogens with zero attached hydrogens (tertiary/aromatic N) is 3. The van der Waals surface area contributed by atoms with Gasteiger partial charge in [0.2, 0.25) is 0 Å². The smallest absolute Gasteiger partial charge is 0.128 e. The molecule has 1 saturated heterocycles. The summed E-state index contributed by atoms with van der Waals surface area (Å²) in [6.45, 7) is 4.92. The maximum Gasteiger partial charge on any atom is 0.128 e. The number of rotatable bonds is 4. The fourth-order valence-corrected chi connectivity index (χ4v) is 3.63. The molecule has 4 nitrogen and oxygen atoms in total. The van der Waals surface area contributed by atoms with E-state index in [0.717, 1.165) is 38.5 Å². The molecule has 1 aliphatic heterocycles. The highest BCUT2D eigenvalue weighted by Gasteiger charge is 2.25. The third-order valence-corrected chi connectivity index (χ3v) is 4.98. The molecule has 0 aromatic carbocycles. The highest BCUT2D eigenvalue weighted by Crippen LogP contribution is 2.27. The lowest BCUT2D eigenvalue weighted by Gasteiger charge is -2.37. The lowest BCUT2D eigenvalue weighted by atomic mass is 9.85. The molecule has 1 atom stereocenters. The molecule has 21 heavy (non-hydrogen) atoms. The largest absolute Gasteiger partial charge is 0.392 e. The molecule has 0 unspecified atom stereocenters. The minimum Gasteiger partial charge on any atom is -0.392 e. The molecule has 1 N–H and O–H groups in total. The number of pyridine rings is 1. The minimum absolute atomic E-state index is 0.133. The molecule has 2 heterocycles. The molecule has 1 aliphatic carbocycles. The fraction of sp³-hybridized carbons (Fsp3) is 0.706. The molecular formula is C17H27N3O. The monoisotopic (exact) mass is 289 g/mol. The van der Waals surface area contributed by atoms with E-state index in [1.54, 1.807) is 0 Å². The van der Waals surface area contributed by atoms with Gasteiger partial charge >= 0.3 is 0 Å². The summed E-state index contributed by atoms with van der Waals surface area (Å²) in [6, 6.07) is 6.08. The van der Waals surface area contributed by atoms with Crippen molar-refractivity contribution in [1.82, 2.24) is 9.88 Å². The molecule has 0 amide bonds. The van der Waals surface area contributed by atoms with E-state index in [9.17, 15) is 5.11 Å². The molecule has 1 aromatic rings. The molecule has 0 spiro atoms. The number of aromatic nitrogens is 1. The number of piperazine rings is 1. The van der Waals surface area contributed by atoms with Crippen LogP contribution < -0.4 is 4.90 Å². The van der Waals surface area contributed by atoms with Gasteiger partial charge in [-0.25, -0.2) is 4.98 Å². The normalized spacial score (nSPS) is 23.2. The van der Waals surface area contributed by atoms with E-state index in [-0.39, 0.29) is 6.10 Å². The first kappa shape index (κ1) is 14.8. The molecule has 3 rings (SSSR count). The summed E-state index contributed by atoms with van der Waals surface area (Å²) in [4.78, 5) is 9.17. The standard InChI is InChI=1S/C17H27N3O/c21-16(15-6-2-1-3-7-15)14-19-10-12-20(13-11-19)17-8-4-5-9-18-17/h4-5,8-9,15-16,21H,1-3,6-7,10-14H2/t16-/m1/s1. The van der Waals surface area contributed by atoms with Crippen LogP contribution in [0.15, 0.2) is 24.4 Å². The van der Waals surface area contributed by atoms with Gasteiger partial charge in [0.25, 0.3) is 0 Å². The average Bonchev–Trinajstić information content (AvgIpc) is 2.57. The minimum atomic E-state index is -0.133. The van der Waals surface area contributed by atoms with Crippen molar-refractivity contribution in [3.63, 3.8) is 0 Å². The Morgan fingerprint density at radius 2 is 1.86 bits per heavy atom. The van der Waals surface area contributed by atoms with Gasteiger partial charge in [-0.1, -0.05) is 25.3 Å². The summed E-state index contributed by atoms with van der Waals surface area (Å²) in [7, 11) is 0. The second-order valence-electron chi connectivity index (χ2n) is 6.44. The third kappa shape index (κ3) is 3.95. The van der Waals surface area contributed by atoms with Crippen LogP contribution in [-0.2, 0) is 0 Å². The molecule has 2 fully saturated rings. The summed E-state index contributed by atoms with van der Waals surface area (Å²) in [5.74, 6) is 1.61. The van der Waals surface area contributed by atoms with Gasteiger partial charge in [-0.2, -0.15) is 0 Å². The second kappa shape index (κ2) is 7.23. The van der Waals surface area contributed by atoms with Crippen molar-refractivity contribution >= 4 is 5.82 Å². The van der Waals surface area contributed by atoms with Gasteiger partial charge in [0.05, 0.1) is 6.10 Å². The Labute approximate surface area is 127 Å². The number of β-amino-alcohol motifs (C(OH)–C–C–N with tert-alkyl or cyclic N) is 1. The number of anilines is 1. The predicted molar refractivity (Wildman–Crippen MR) is 85.5 cm³/mol. The summed E-state index contributed by atoms with van der Waals surface area (Å²) < 4.78 is 0. The first-order chi connectivity index (χ1) is 10.3. The van der Waals surface area contributed by atoms with Gasteiger partial charge in [0.1, 0.15) is 5.82 Å². The Hall–Kier alpha value is -1.13. The summed E-state index contributed by atoms with van der Waals surface area (Å²) >= 11 is 0. The zero-order valence-corrected chi connectivity index (χ0v) is 12.8. The SMILES string of the molecule is O[C@H](CN1CCN(c2ccccn2)CC1)C1CCCCC1.